The maximum Gasteiger partial charge on any atom is 0.408 e. The molecule has 2 aromatic carbocycles. The Labute approximate surface area is 348 Å². The summed E-state index contributed by atoms with van der Waals surface area (Å²) in [6.07, 6.45) is 2.15. The smallest absolute Gasteiger partial charge is 0.408 e. The van der Waals surface area contributed by atoms with Crippen LogP contribution < -0.4 is 31.1 Å². The molecule has 4 rings (SSSR count). The number of amides is 3. The first-order valence-electron chi connectivity index (χ1n) is 18.7. The number of hydrogen-bond acceptors (Lipinski definition) is 12. The molecule has 0 aromatic heterocycles. The van der Waals surface area contributed by atoms with Crippen LogP contribution in [0.4, 0.5) is 21.0 Å². The lowest BCUT2D eigenvalue weighted by molar-refractivity contribution is -0.141. The fourth-order valence-corrected chi connectivity index (χ4v) is 7.48. The van der Waals surface area contributed by atoms with Crippen LogP contribution in [0.25, 0.3) is 0 Å². The molecule has 17 nitrogen and oxygen atoms in total. The fraction of sp³-hybridized carbons (Fsp3) is 0.500. The molecule has 0 bridgehead atoms. The second-order valence-corrected chi connectivity index (χ2v) is 19.8. The molecule has 0 spiro atoms. The maximum absolute atomic E-state index is 12.9. The first-order chi connectivity index (χ1) is 26.9. The van der Waals surface area contributed by atoms with Crippen LogP contribution in [0.15, 0.2) is 83.6 Å². The van der Waals surface area contributed by atoms with Crippen molar-refractivity contribution in [2.45, 2.75) is 126 Å². The second kappa shape index (κ2) is 19.3. The number of aliphatic carboxylic acids is 1. The van der Waals surface area contributed by atoms with Gasteiger partial charge in [0, 0.05) is 23.9 Å². The summed E-state index contributed by atoms with van der Waals surface area (Å²) in [5.41, 5.74) is -3.09. The van der Waals surface area contributed by atoms with E-state index in [1.807, 2.05) is 27.7 Å². The number of rotatable bonds is 13. The number of para-hydroxylation sites is 2. The Kier molecular flexibility index (Phi) is 16.3. The molecular weight excluding hydrogens is 805 g/mol. The standard InChI is InChI=1S/C20H29N3O5S.C11H17NO4.C9H14N2O2S/c1-7-14-12-20(14,22-18(25)28-19(4,5)6)17(24)23-29(26,27)16-11-9-8-10-15(16)21-13(2)3;1-5-7-6-11(7,8(13)14)12-9(15)16-10(2,3)4;1-7(2)11-8-5-3-4-6-9(8)14(10,12)13/h7-11,13-14,21H,1,12H2,2-6H3,(H,22,25)(H,23,24);5,7H,1,6H2,2-4H3,(H,12,15)(H,13,14);3-7,11H,1-2H3,(H2,10,12,13)/t14-,20-;7-,11-;/m11./s1. The van der Waals surface area contributed by atoms with Crippen molar-refractivity contribution < 1.29 is 50.6 Å². The van der Waals surface area contributed by atoms with E-state index in [0.717, 1.165) is 0 Å². The molecule has 2 aliphatic carbocycles. The van der Waals surface area contributed by atoms with Gasteiger partial charge in [-0.05, 0) is 106 Å². The summed E-state index contributed by atoms with van der Waals surface area (Å²) in [6.45, 7) is 25.0. The number of anilines is 2. The highest BCUT2D eigenvalue weighted by molar-refractivity contribution is 7.90. The van der Waals surface area contributed by atoms with Gasteiger partial charge in [-0.25, -0.2) is 41.1 Å². The van der Waals surface area contributed by atoms with Crippen molar-refractivity contribution in [2.75, 3.05) is 10.6 Å². The van der Waals surface area contributed by atoms with Gasteiger partial charge in [0.2, 0.25) is 10.0 Å². The number of carbonyl (C=O) groups excluding carboxylic acids is 3. The van der Waals surface area contributed by atoms with Gasteiger partial charge in [-0.15, -0.1) is 13.2 Å². The van der Waals surface area contributed by atoms with Crippen LogP contribution >= 0.6 is 0 Å². The van der Waals surface area contributed by atoms with Crippen LogP contribution in [0.1, 0.15) is 82.1 Å². The summed E-state index contributed by atoms with van der Waals surface area (Å²) < 4.78 is 60.4. The molecule has 2 fully saturated rings. The number of ether oxygens (including phenoxy) is 2. The van der Waals surface area contributed by atoms with E-state index in [2.05, 4.69) is 39.1 Å². The van der Waals surface area contributed by atoms with Crippen LogP contribution in [0.2, 0.25) is 0 Å². The predicted molar refractivity (Wildman–Crippen MR) is 226 cm³/mol. The Morgan fingerprint density at radius 1 is 0.729 bits per heavy atom. The van der Waals surface area contributed by atoms with Gasteiger partial charge >= 0.3 is 18.2 Å². The molecule has 19 heteroatoms. The topological polar surface area (TPSA) is 261 Å². The normalized spacial score (nSPS) is 20.8. The van der Waals surface area contributed by atoms with Gasteiger partial charge in [0.25, 0.3) is 15.9 Å². The Morgan fingerprint density at radius 2 is 1.10 bits per heavy atom. The summed E-state index contributed by atoms with van der Waals surface area (Å²) in [5, 5.41) is 25.1. The quantitative estimate of drug-likeness (QED) is 0.123. The number of benzene rings is 2. The first-order valence-corrected chi connectivity index (χ1v) is 21.8. The van der Waals surface area contributed by atoms with E-state index in [1.165, 1.54) is 24.3 Å². The lowest BCUT2D eigenvalue weighted by atomic mass is 10.2. The van der Waals surface area contributed by atoms with Gasteiger partial charge in [0.15, 0.2) is 0 Å². The molecule has 0 aliphatic heterocycles. The minimum atomic E-state index is -4.17. The number of primary sulfonamides is 1. The molecule has 2 aliphatic rings. The van der Waals surface area contributed by atoms with Crippen molar-refractivity contribution in [3.63, 3.8) is 0 Å². The van der Waals surface area contributed by atoms with Gasteiger partial charge in [-0.2, -0.15) is 0 Å². The number of alkyl carbamates (subject to hydrolysis) is 2. The van der Waals surface area contributed by atoms with Crippen molar-refractivity contribution in [3.05, 3.63) is 73.8 Å². The molecule has 2 aromatic rings. The summed E-state index contributed by atoms with van der Waals surface area (Å²) in [4.78, 5) is 47.6. The van der Waals surface area contributed by atoms with Gasteiger partial charge < -0.3 is 35.8 Å². The Bertz CT molecular complexity index is 2090. The Hall–Kier alpha value is -5.14. The van der Waals surface area contributed by atoms with E-state index in [1.54, 1.807) is 77.9 Å². The highest BCUT2D eigenvalue weighted by Crippen LogP contribution is 2.46. The zero-order chi connectivity index (χ0) is 45.4. The highest BCUT2D eigenvalue weighted by atomic mass is 32.2. The molecule has 328 valence electrons. The second-order valence-electron chi connectivity index (χ2n) is 16.7. The number of nitrogens with two attached hydrogens (primary N) is 1. The number of carboxylic acids is 1. The van der Waals surface area contributed by atoms with Crippen molar-refractivity contribution in [1.82, 2.24) is 15.4 Å². The van der Waals surface area contributed by atoms with E-state index in [9.17, 15) is 36.0 Å². The van der Waals surface area contributed by atoms with E-state index in [4.69, 9.17) is 19.7 Å². The largest absolute Gasteiger partial charge is 0.479 e. The number of carbonyl (C=O) groups is 4. The van der Waals surface area contributed by atoms with Crippen LogP contribution in [-0.2, 0) is 39.1 Å². The van der Waals surface area contributed by atoms with Gasteiger partial charge in [-0.3, -0.25) is 4.79 Å². The predicted octanol–water partition coefficient (Wildman–Crippen LogP) is 5.48. The third-order valence-corrected chi connectivity index (χ3v) is 10.7. The summed E-state index contributed by atoms with van der Waals surface area (Å²) in [6, 6.07) is 13.1. The zero-order valence-corrected chi connectivity index (χ0v) is 37.0. The van der Waals surface area contributed by atoms with Crippen molar-refractivity contribution in [3.8, 4) is 0 Å². The molecular formula is C40H60N6O11S2. The van der Waals surface area contributed by atoms with Gasteiger partial charge in [-0.1, -0.05) is 36.4 Å². The monoisotopic (exact) mass is 864 g/mol. The van der Waals surface area contributed by atoms with E-state index >= 15 is 0 Å². The van der Waals surface area contributed by atoms with Crippen LogP contribution in [0.5, 0.6) is 0 Å². The molecule has 4 atom stereocenters. The first kappa shape index (κ1) is 50.0. The van der Waals surface area contributed by atoms with Crippen LogP contribution in [0, 0.1) is 11.8 Å². The van der Waals surface area contributed by atoms with Crippen LogP contribution in [-0.4, -0.2) is 80.4 Å². The number of sulfonamides is 2. The fourth-order valence-electron chi connectivity index (χ4n) is 5.57. The van der Waals surface area contributed by atoms with Gasteiger partial charge in [0.05, 0.1) is 11.4 Å². The maximum atomic E-state index is 12.9. The molecule has 2 saturated carbocycles. The van der Waals surface area contributed by atoms with Crippen molar-refractivity contribution >= 4 is 55.5 Å². The Balaban J connectivity index is 0.000000337. The van der Waals surface area contributed by atoms with Crippen molar-refractivity contribution in [1.29, 1.82) is 0 Å². The van der Waals surface area contributed by atoms with Gasteiger partial charge in [0.1, 0.15) is 32.1 Å². The number of nitrogens with one attached hydrogen (secondary N) is 5. The molecule has 0 radical (unpaired) electrons. The average molecular weight is 865 g/mol. The third kappa shape index (κ3) is 14.9. The lowest BCUT2D eigenvalue weighted by Gasteiger charge is -2.24. The number of hydrogen-bond donors (Lipinski definition) is 7. The minimum Gasteiger partial charge on any atom is -0.479 e. The Morgan fingerprint density at radius 3 is 1.46 bits per heavy atom. The average Bonchev–Trinajstić information content (AvgIpc) is 3.97. The zero-order valence-electron chi connectivity index (χ0n) is 35.3. The molecule has 3 amide bonds. The van der Waals surface area contributed by atoms with E-state index in [0.29, 0.717) is 17.8 Å². The van der Waals surface area contributed by atoms with Crippen LogP contribution in [0.3, 0.4) is 0 Å². The summed E-state index contributed by atoms with van der Waals surface area (Å²) >= 11 is 0. The highest BCUT2D eigenvalue weighted by Gasteiger charge is 2.62. The summed E-state index contributed by atoms with van der Waals surface area (Å²) in [7, 11) is -7.81. The molecule has 59 heavy (non-hydrogen) atoms. The molecule has 8 N–H and O–H groups in total. The van der Waals surface area contributed by atoms with E-state index < -0.39 is 72.3 Å². The molecule has 0 heterocycles. The number of carboxylic acid groups (broad SMARTS) is 1. The minimum absolute atomic E-state index is 0.00388. The van der Waals surface area contributed by atoms with E-state index in [-0.39, 0.29) is 34.2 Å². The SMILES string of the molecule is C=C[C@@H]1C[C@]1(NC(=O)OC(C)(C)C)C(=O)NS(=O)(=O)c1ccccc1NC(C)C.C=C[C@@H]1C[C@]1(NC(=O)OC(C)(C)C)C(=O)O.CC(C)Nc1ccccc1S(N)(=O)=O. The summed E-state index contributed by atoms with van der Waals surface area (Å²) in [5.74, 6) is -2.50. The third-order valence-electron chi connectivity index (χ3n) is 8.32. The van der Waals surface area contributed by atoms with Crippen molar-refractivity contribution in [2.24, 2.45) is 17.0 Å². The molecule has 0 unspecified atom stereocenters. The molecule has 0 saturated heterocycles. The lowest BCUT2D eigenvalue weighted by Crippen LogP contribution is -2.52.